The number of likely N-dealkylation sites (N-methyl/N-ethyl adjacent to an activating group) is 1. The van der Waals surface area contributed by atoms with Gasteiger partial charge in [-0.05, 0) is 24.7 Å². The van der Waals surface area contributed by atoms with Crippen LogP contribution in [0.15, 0.2) is 12.1 Å². The zero-order valence-corrected chi connectivity index (χ0v) is 11.4. The highest BCUT2D eigenvalue weighted by Crippen LogP contribution is 2.21. The summed E-state index contributed by atoms with van der Waals surface area (Å²) in [5.41, 5.74) is 0.338. The van der Waals surface area contributed by atoms with Crippen LogP contribution in [-0.2, 0) is 16.1 Å². The van der Waals surface area contributed by atoms with Gasteiger partial charge in [0, 0.05) is 20.2 Å². The van der Waals surface area contributed by atoms with Crippen LogP contribution in [0.4, 0.5) is 8.78 Å². The fourth-order valence-corrected chi connectivity index (χ4v) is 1.67. The molecule has 1 aromatic carbocycles. The van der Waals surface area contributed by atoms with Gasteiger partial charge in [-0.25, -0.2) is 8.78 Å². The summed E-state index contributed by atoms with van der Waals surface area (Å²) in [4.78, 5) is 13.1. The monoisotopic (exact) mass is 288 g/mol. The number of carbonyl (C=O) groups excluding carboxylic acids is 1. The van der Waals surface area contributed by atoms with Gasteiger partial charge in [-0.2, -0.15) is 0 Å². The minimum atomic E-state index is -1.02. The summed E-state index contributed by atoms with van der Waals surface area (Å²) in [6.07, 6.45) is 0. The van der Waals surface area contributed by atoms with Gasteiger partial charge in [-0.15, -0.1) is 0 Å². The molecule has 7 heteroatoms. The second kappa shape index (κ2) is 7.76. The number of methoxy groups -OCH3 is 1. The van der Waals surface area contributed by atoms with E-state index in [9.17, 15) is 13.6 Å². The van der Waals surface area contributed by atoms with Crippen LogP contribution >= 0.6 is 0 Å². The summed E-state index contributed by atoms with van der Waals surface area (Å²) in [6, 6.07) is 2.08. The van der Waals surface area contributed by atoms with E-state index in [2.05, 4.69) is 5.32 Å². The molecule has 0 spiro atoms. The summed E-state index contributed by atoms with van der Waals surface area (Å²) in [5, 5.41) is 11.6. The van der Waals surface area contributed by atoms with E-state index >= 15 is 0 Å². The normalized spacial score (nSPS) is 10.8. The van der Waals surface area contributed by atoms with Gasteiger partial charge in [-0.1, -0.05) is 0 Å². The lowest BCUT2D eigenvalue weighted by molar-refractivity contribution is -0.122. The van der Waals surface area contributed by atoms with Crippen LogP contribution in [0, 0.1) is 11.6 Å². The van der Waals surface area contributed by atoms with Crippen LogP contribution in [0.25, 0.3) is 0 Å². The zero-order valence-electron chi connectivity index (χ0n) is 11.4. The molecule has 0 bridgehead atoms. The van der Waals surface area contributed by atoms with Gasteiger partial charge < -0.3 is 15.2 Å². The molecule has 1 aromatic rings. The van der Waals surface area contributed by atoms with Crippen molar-refractivity contribution in [2.24, 2.45) is 0 Å². The lowest BCUT2D eigenvalue weighted by Crippen LogP contribution is -2.36. The standard InChI is InChI=1S/C13H18F2N2O3/c1-17(8-12(18)16-3-4-20-2)7-9-5-10(14)13(19)11(15)6-9/h5-6,19H,3-4,7-8H2,1-2H3,(H,16,18). The van der Waals surface area contributed by atoms with E-state index in [1.165, 1.54) is 7.11 Å². The van der Waals surface area contributed by atoms with Gasteiger partial charge in [0.15, 0.2) is 17.4 Å². The maximum absolute atomic E-state index is 13.2. The smallest absolute Gasteiger partial charge is 0.234 e. The molecule has 0 heterocycles. The Bertz CT molecular complexity index is 446. The van der Waals surface area contributed by atoms with E-state index in [4.69, 9.17) is 9.84 Å². The second-order valence-electron chi connectivity index (χ2n) is 4.42. The molecular weight excluding hydrogens is 270 g/mol. The number of benzene rings is 1. The first-order valence-electron chi connectivity index (χ1n) is 6.05. The topological polar surface area (TPSA) is 61.8 Å². The summed E-state index contributed by atoms with van der Waals surface area (Å²) < 4.78 is 31.1. The number of aromatic hydroxyl groups is 1. The predicted molar refractivity (Wildman–Crippen MR) is 69.2 cm³/mol. The van der Waals surface area contributed by atoms with E-state index in [0.717, 1.165) is 12.1 Å². The molecule has 20 heavy (non-hydrogen) atoms. The molecule has 0 aromatic heterocycles. The van der Waals surface area contributed by atoms with Crippen LogP contribution in [0.1, 0.15) is 5.56 Å². The average molecular weight is 288 g/mol. The number of carbonyl (C=O) groups is 1. The lowest BCUT2D eigenvalue weighted by atomic mass is 10.2. The molecule has 0 unspecified atom stereocenters. The number of rotatable bonds is 7. The molecule has 0 atom stereocenters. The zero-order chi connectivity index (χ0) is 15.1. The average Bonchev–Trinajstić information content (AvgIpc) is 2.35. The van der Waals surface area contributed by atoms with Crippen LogP contribution < -0.4 is 5.32 Å². The molecule has 0 saturated carbocycles. The highest BCUT2D eigenvalue weighted by atomic mass is 19.1. The van der Waals surface area contributed by atoms with Crippen molar-refractivity contribution in [2.75, 3.05) is 33.9 Å². The quantitative estimate of drug-likeness (QED) is 0.731. The van der Waals surface area contributed by atoms with Gasteiger partial charge in [0.25, 0.3) is 0 Å². The first kappa shape index (κ1) is 16.3. The molecule has 0 aliphatic heterocycles. The molecular formula is C13H18F2N2O3. The fraction of sp³-hybridized carbons (Fsp3) is 0.462. The number of phenols is 1. The predicted octanol–water partition coefficient (Wildman–Crippen LogP) is 0.865. The number of hydrogen-bond acceptors (Lipinski definition) is 4. The van der Waals surface area contributed by atoms with Crippen LogP contribution in [0.5, 0.6) is 5.75 Å². The van der Waals surface area contributed by atoms with Crippen molar-refractivity contribution in [3.8, 4) is 5.75 Å². The Morgan fingerprint density at radius 3 is 2.55 bits per heavy atom. The van der Waals surface area contributed by atoms with E-state index in [1.807, 2.05) is 0 Å². The van der Waals surface area contributed by atoms with Crippen LogP contribution in [0.3, 0.4) is 0 Å². The van der Waals surface area contributed by atoms with Gasteiger partial charge in [0.2, 0.25) is 5.91 Å². The Balaban J connectivity index is 2.50. The van der Waals surface area contributed by atoms with Gasteiger partial charge in [0.1, 0.15) is 0 Å². The molecule has 5 nitrogen and oxygen atoms in total. The van der Waals surface area contributed by atoms with E-state index in [0.29, 0.717) is 18.7 Å². The summed E-state index contributed by atoms with van der Waals surface area (Å²) >= 11 is 0. The van der Waals surface area contributed by atoms with Crippen LogP contribution in [0.2, 0.25) is 0 Å². The van der Waals surface area contributed by atoms with E-state index < -0.39 is 17.4 Å². The Morgan fingerprint density at radius 2 is 2.00 bits per heavy atom. The van der Waals surface area contributed by atoms with Crippen molar-refractivity contribution in [1.29, 1.82) is 0 Å². The third-order valence-corrected chi connectivity index (χ3v) is 2.57. The van der Waals surface area contributed by atoms with E-state index in [1.54, 1.807) is 11.9 Å². The molecule has 0 aliphatic rings. The highest BCUT2D eigenvalue weighted by Gasteiger charge is 2.12. The van der Waals surface area contributed by atoms with Crippen LogP contribution in [-0.4, -0.2) is 49.8 Å². The number of ether oxygens (including phenoxy) is 1. The molecule has 2 N–H and O–H groups in total. The second-order valence-corrected chi connectivity index (χ2v) is 4.42. The summed E-state index contributed by atoms with van der Waals surface area (Å²) in [6.45, 7) is 1.11. The molecule has 112 valence electrons. The lowest BCUT2D eigenvalue weighted by Gasteiger charge is -2.16. The Kier molecular flexibility index (Phi) is 6.33. The minimum absolute atomic E-state index is 0.0911. The number of phenolic OH excluding ortho intramolecular Hbond substituents is 1. The van der Waals surface area contributed by atoms with E-state index in [-0.39, 0.29) is 19.0 Å². The third kappa shape index (κ3) is 5.10. The molecule has 0 saturated heterocycles. The Labute approximate surface area is 116 Å². The van der Waals surface area contributed by atoms with Crippen molar-refractivity contribution >= 4 is 5.91 Å². The largest absolute Gasteiger partial charge is 0.503 e. The van der Waals surface area contributed by atoms with Gasteiger partial charge in [0.05, 0.1) is 13.2 Å². The number of halogens is 2. The minimum Gasteiger partial charge on any atom is -0.503 e. The SMILES string of the molecule is COCCNC(=O)CN(C)Cc1cc(F)c(O)c(F)c1. The molecule has 0 aliphatic carbocycles. The number of nitrogens with one attached hydrogen (secondary N) is 1. The van der Waals surface area contributed by atoms with Crippen molar-refractivity contribution < 1.29 is 23.4 Å². The van der Waals surface area contributed by atoms with Crippen molar-refractivity contribution in [3.05, 3.63) is 29.3 Å². The fourth-order valence-electron chi connectivity index (χ4n) is 1.67. The molecule has 0 radical (unpaired) electrons. The first-order valence-corrected chi connectivity index (χ1v) is 6.05. The highest BCUT2D eigenvalue weighted by molar-refractivity contribution is 5.77. The van der Waals surface area contributed by atoms with Crippen molar-refractivity contribution in [1.82, 2.24) is 10.2 Å². The first-order chi connectivity index (χ1) is 9.43. The Morgan fingerprint density at radius 1 is 1.40 bits per heavy atom. The molecule has 1 amide bonds. The van der Waals surface area contributed by atoms with Crippen molar-refractivity contribution in [3.63, 3.8) is 0 Å². The molecule has 1 rings (SSSR count). The van der Waals surface area contributed by atoms with Gasteiger partial charge >= 0.3 is 0 Å². The third-order valence-electron chi connectivity index (χ3n) is 2.57. The van der Waals surface area contributed by atoms with Crippen molar-refractivity contribution in [2.45, 2.75) is 6.54 Å². The number of hydrogen-bond donors (Lipinski definition) is 2. The summed E-state index contributed by atoms with van der Waals surface area (Å²) in [5.74, 6) is -3.23. The number of nitrogens with zero attached hydrogens (tertiary/aromatic N) is 1. The maximum atomic E-state index is 13.2. The Hall–Kier alpha value is -1.73. The summed E-state index contributed by atoms with van der Waals surface area (Å²) in [7, 11) is 3.19. The molecule has 0 fully saturated rings. The van der Waals surface area contributed by atoms with Gasteiger partial charge in [-0.3, -0.25) is 9.69 Å². The maximum Gasteiger partial charge on any atom is 0.234 e. The number of amides is 1.